The first kappa shape index (κ1) is 21.7. The highest BCUT2D eigenvalue weighted by atomic mass is 19.1. The standard InChI is InChI=1S/C22H27FN4O3/c1-5-27(6-2)9-10-30-26-22(29)20-13(3)19(24-14(20)4)12-17-16-11-15(23)7-8-18(16)25-21(17)28/h7-8,11-12,24H,5-6,9-10H2,1-4H3,(H,25,28)(H,26,29)/b17-12-. The molecule has 3 rings (SSSR count). The van der Waals surface area contributed by atoms with Gasteiger partial charge in [-0.25, -0.2) is 9.87 Å². The molecule has 2 amide bonds. The number of anilines is 1. The molecule has 0 fully saturated rings. The maximum absolute atomic E-state index is 13.7. The number of nitrogens with zero attached hydrogens (tertiary/aromatic N) is 1. The number of hydroxylamine groups is 1. The number of halogens is 1. The van der Waals surface area contributed by atoms with Gasteiger partial charge in [0.15, 0.2) is 0 Å². The van der Waals surface area contributed by atoms with Gasteiger partial charge in [-0.2, -0.15) is 0 Å². The summed E-state index contributed by atoms with van der Waals surface area (Å²) >= 11 is 0. The number of H-pyrrole nitrogens is 1. The van der Waals surface area contributed by atoms with Crippen molar-refractivity contribution in [2.24, 2.45) is 0 Å². The van der Waals surface area contributed by atoms with Crippen molar-refractivity contribution < 1.29 is 18.8 Å². The van der Waals surface area contributed by atoms with Crippen LogP contribution in [-0.2, 0) is 9.63 Å². The molecule has 0 radical (unpaired) electrons. The summed E-state index contributed by atoms with van der Waals surface area (Å²) in [7, 11) is 0. The first-order valence-corrected chi connectivity index (χ1v) is 10.0. The molecule has 7 nitrogen and oxygen atoms in total. The van der Waals surface area contributed by atoms with E-state index in [-0.39, 0.29) is 11.8 Å². The van der Waals surface area contributed by atoms with Gasteiger partial charge in [0.05, 0.1) is 17.7 Å². The molecular formula is C22H27FN4O3. The van der Waals surface area contributed by atoms with Crippen LogP contribution in [0.4, 0.5) is 10.1 Å². The van der Waals surface area contributed by atoms with Crippen LogP contribution in [0.5, 0.6) is 0 Å². The van der Waals surface area contributed by atoms with Gasteiger partial charge in [0.1, 0.15) is 5.82 Å². The molecule has 1 aliphatic rings. The third kappa shape index (κ3) is 4.44. The molecule has 0 saturated heterocycles. The predicted octanol–water partition coefficient (Wildman–Crippen LogP) is 3.27. The lowest BCUT2D eigenvalue weighted by Gasteiger charge is -2.17. The Balaban J connectivity index is 1.76. The van der Waals surface area contributed by atoms with Crippen LogP contribution >= 0.6 is 0 Å². The van der Waals surface area contributed by atoms with E-state index in [4.69, 9.17) is 4.84 Å². The molecule has 2 aromatic rings. The van der Waals surface area contributed by atoms with Gasteiger partial charge in [-0.3, -0.25) is 14.4 Å². The van der Waals surface area contributed by atoms with Crippen LogP contribution in [-0.4, -0.2) is 47.9 Å². The number of likely N-dealkylation sites (N-methyl/N-ethyl adjacent to an activating group) is 1. The fourth-order valence-corrected chi connectivity index (χ4v) is 3.59. The number of aromatic nitrogens is 1. The highest BCUT2D eigenvalue weighted by Crippen LogP contribution is 2.34. The summed E-state index contributed by atoms with van der Waals surface area (Å²) in [5.41, 5.74) is 6.30. The number of carbonyl (C=O) groups is 2. The third-order valence-corrected chi connectivity index (χ3v) is 5.33. The van der Waals surface area contributed by atoms with Crippen molar-refractivity contribution in [3.8, 4) is 0 Å². The second kappa shape index (κ2) is 9.23. The summed E-state index contributed by atoms with van der Waals surface area (Å²) in [6.07, 6.45) is 1.64. The number of benzene rings is 1. The number of aromatic amines is 1. The summed E-state index contributed by atoms with van der Waals surface area (Å²) in [6, 6.07) is 4.15. The molecule has 1 aromatic carbocycles. The summed E-state index contributed by atoms with van der Waals surface area (Å²) < 4.78 is 13.7. The molecule has 1 aliphatic heterocycles. The highest BCUT2D eigenvalue weighted by molar-refractivity contribution is 6.34. The van der Waals surface area contributed by atoms with Crippen LogP contribution in [0.2, 0.25) is 0 Å². The van der Waals surface area contributed by atoms with Crippen molar-refractivity contribution in [1.29, 1.82) is 0 Å². The molecule has 0 saturated carbocycles. The van der Waals surface area contributed by atoms with Gasteiger partial charge in [-0.05, 0) is 56.8 Å². The van der Waals surface area contributed by atoms with E-state index in [9.17, 15) is 14.0 Å². The summed E-state index contributed by atoms with van der Waals surface area (Å²) in [5, 5.41) is 2.72. The van der Waals surface area contributed by atoms with Crippen molar-refractivity contribution >= 4 is 29.2 Å². The lowest BCUT2D eigenvalue weighted by atomic mass is 10.0. The number of rotatable bonds is 8. The van der Waals surface area contributed by atoms with Crippen LogP contribution in [0.1, 0.15) is 46.7 Å². The zero-order valence-electron chi connectivity index (χ0n) is 17.7. The molecule has 2 heterocycles. The van der Waals surface area contributed by atoms with E-state index in [0.29, 0.717) is 45.9 Å². The minimum Gasteiger partial charge on any atom is -0.358 e. The molecule has 30 heavy (non-hydrogen) atoms. The van der Waals surface area contributed by atoms with Gasteiger partial charge in [0.2, 0.25) is 0 Å². The molecule has 0 bridgehead atoms. The van der Waals surface area contributed by atoms with Crippen molar-refractivity contribution in [3.05, 3.63) is 52.1 Å². The molecule has 0 spiro atoms. The van der Waals surface area contributed by atoms with Crippen LogP contribution in [0.25, 0.3) is 11.6 Å². The van der Waals surface area contributed by atoms with Gasteiger partial charge >= 0.3 is 0 Å². The zero-order valence-corrected chi connectivity index (χ0v) is 17.7. The SMILES string of the molecule is CCN(CC)CCONC(=O)c1c(C)[nH]c(/C=C2\C(=O)Nc3ccc(F)cc32)c1C. The zero-order chi connectivity index (χ0) is 21.8. The number of nitrogens with one attached hydrogen (secondary N) is 3. The molecule has 3 N–H and O–H groups in total. The van der Waals surface area contributed by atoms with E-state index in [0.717, 1.165) is 19.6 Å². The normalized spacial score (nSPS) is 14.3. The minimum absolute atomic E-state index is 0.312. The molecule has 0 unspecified atom stereocenters. The Kier molecular flexibility index (Phi) is 6.69. The topological polar surface area (TPSA) is 86.5 Å². The lowest BCUT2D eigenvalue weighted by Crippen LogP contribution is -2.31. The molecular weight excluding hydrogens is 387 g/mol. The van der Waals surface area contributed by atoms with Crippen LogP contribution in [0.3, 0.4) is 0 Å². The number of fused-ring (bicyclic) bond motifs is 1. The Morgan fingerprint density at radius 3 is 2.70 bits per heavy atom. The van der Waals surface area contributed by atoms with E-state index < -0.39 is 5.82 Å². The Morgan fingerprint density at radius 1 is 1.27 bits per heavy atom. The average molecular weight is 414 g/mol. The van der Waals surface area contributed by atoms with E-state index in [1.54, 1.807) is 19.9 Å². The van der Waals surface area contributed by atoms with Crippen LogP contribution < -0.4 is 10.8 Å². The monoisotopic (exact) mass is 414 g/mol. The van der Waals surface area contributed by atoms with Crippen molar-refractivity contribution in [3.63, 3.8) is 0 Å². The van der Waals surface area contributed by atoms with E-state index in [1.165, 1.54) is 18.2 Å². The van der Waals surface area contributed by atoms with Gasteiger partial charge in [0, 0.05) is 29.2 Å². The third-order valence-electron chi connectivity index (χ3n) is 5.33. The second-order valence-electron chi connectivity index (χ2n) is 7.17. The minimum atomic E-state index is -0.419. The number of aryl methyl sites for hydroxylation is 1. The van der Waals surface area contributed by atoms with E-state index in [1.807, 2.05) is 0 Å². The summed E-state index contributed by atoms with van der Waals surface area (Å²) in [6.45, 7) is 10.7. The molecule has 1 aromatic heterocycles. The number of hydrogen-bond donors (Lipinski definition) is 3. The Labute approximate surface area is 175 Å². The quantitative estimate of drug-likeness (QED) is 0.352. The summed E-state index contributed by atoms with van der Waals surface area (Å²) in [4.78, 5) is 35.6. The van der Waals surface area contributed by atoms with Crippen molar-refractivity contribution in [2.45, 2.75) is 27.7 Å². The van der Waals surface area contributed by atoms with Gasteiger partial charge in [-0.15, -0.1) is 0 Å². The maximum atomic E-state index is 13.7. The van der Waals surface area contributed by atoms with Gasteiger partial charge in [-0.1, -0.05) is 13.8 Å². The first-order chi connectivity index (χ1) is 14.3. The Bertz CT molecular complexity index is 993. The second-order valence-corrected chi connectivity index (χ2v) is 7.17. The Morgan fingerprint density at radius 2 is 2.00 bits per heavy atom. The van der Waals surface area contributed by atoms with Crippen LogP contribution in [0.15, 0.2) is 18.2 Å². The fourth-order valence-electron chi connectivity index (χ4n) is 3.59. The van der Waals surface area contributed by atoms with E-state index in [2.05, 4.69) is 34.5 Å². The number of carbonyl (C=O) groups excluding carboxylic acids is 2. The predicted molar refractivity (Wildman–Crippen MR) is 114 cm³/mol. The van der Waals surface area contributed by atoms with Gasteiger partial charge < -0.3 is 15.2 Å². The maximum Gasteiger partial charge on any atom is 0.276 e. The summed E-state index contributed by atoms with van der Waals surface area (Å²) in [5.74, 6) is -1.08. The Hall–Kier alpha value is -2.97. The number of amides is 2. The van der Waals surface area contributed by atoms with Crippen molar-refractivity contribution in [1.82, 2.24) is 15.4 Å². The first-order valence-electron chi connectivity index (χ1n) is 10.0. The molecule has 8 heteroatoms. The lowest BCUT2D eigenvalue weighted by molar-refractivity contribution is -0.110. The molecule has 0 atom stereocenters. The number of hydrogen-bond acceptors (Lipinski definition) is 4. The largest absolute Gasteiger partial charge is 0.358 e. The highest BCUT2D eigenvalue weighted by Gasteiger charge is 2.26. The van der Waals surface area contributed by atoms with Crippen LogP contribution in [0, 0.1) is 19.7 Å². The average Bonchev–Trinajstić information content (AvgIpc) is 3.17. The molecule has 0 aliphatic carbocycles. The van der Waals surface area contributed by atoms with E-state index >= 15 is 0 Å². The van der Waals surface area contributed by atoms with Crippen molar-refractivity contribution in [2.75, 3.05) is 31.6 Å². The molecule has 160 valence electrons. The smallest absolute Gasteiger partial charge is 0.276 e. The van der Waals surface area contributed by atoms with Gasteiger partial charge in [0.25, 0.3) is 11.8 Å². The fraction of sp³-hybridized carbons (Fsp3) is 0.364.